The molecule has 3 heterocycles. The molecule has 1 fully saturated rings. The van der Waals surface area contributed by atoms with Crippen LogP contribution in [0.4, 0.5) is 0 Å². The van der Waals surface area contributed by atoms with Crippen molar-refractivity contribution in [3.8, 4) is 16.3 Å². The summed E-state index contributed by atoms with van der Waals surface area (Å²) >= 11 is 1.60. The highest BCUT2D eigenvalue weighted by atomic mass is 32.1. The summed E-state index contributed by atoms with van der Waals surface area (Å²) in [7, 11) is 0. The van der Waals surface area contributed by atoms with Crippen molar-refractivity contribution in [3.63, 3.8) is 0 Å². The van der Waals surface area contributed by atoms with E-state index in [0.717, 1.165) is 35.8 Å². The fraction of sp³-hybridized carbons (Fsp3) is 0.333. The molecule has 1 aromatic carbocycles. The Labute approximate surface area is 163 Å². The van der Waals surface area contributed by atoms with Crippen LogP contribution in [0.3, 0.4) is 0 Å². The maximum Gasteiger partial charge on any atom is 0.255 e. The smallest absolute Gasteiger partial charge is 0.255 e. The Kier molecular flexibility index (Phi) is 5.36. The Morgan fingerprint density at radius 1 is 1.26 bits per heavy atom. The maximum absolute atomic E-state index is 13.0. The molecule has 6 heteroatoms. The molecule has 27 heavy (non-hydrogen) atoms. The molecule has 1 atom stereocenters. The number of likely N-dealkylation sites (N-methyl/N-ethyl adjacent to an activating group) is 1. The van der Waals surface area contributed by atoms with E-state index in [9.17, 15) is 4.79 Å². The minimum Gasteiger partial charge on any atom is -0.350 e. The number of carbonyl (C=O) groups excluding carboxylic acids is 1. The molecule has 3 aromatic rings. The Morgan fingerprint density at radius 2 is 2.11 bits per heavy atom. The minimum atomic E-state index is -0.0523. The summed E-state index contributed by atoms with van der Waals surface area (Å²) in [5.74, 6) is -0.0523. The van der Waals surface area contributed by atoms with E-state index in [1.807, 2.05) is 54.0 Å². The molecule has 1 aliphatic rings. The van der Waals surface area contributed by atoms with E-state index in [4.69, 9.17) is 5.10 Å². The standard InChI is InChI=1S/C21H24N4OS/c1-2-24-12-6-10-17(24)14-22-21(26)18-15-25(16-8-4-3-5-9-16)23-20(18)19-11-7-13-27-19/h3-5,7-9,11,13,15,17H,2,6,10,12,14H2,1H3,(H,22,26). The van der Waals surface area contributed by atoms with E-state index in [1.54, 1.807) is 16.0 Å². The van der Waals surface area contributed by atoms with Crippen molar-refractivity contribution in [2.75, 3.05) is 19.6 Å². The van der Waals surface area contributed by atoms with Crippen LogP contribution >= 0.6 is 11.3 Å². The molecule has 0 aliphatic carbocycles. The van der Waals surface area contributed by atoms with Crippen molar-refractivity contribution in [3.05, 3.63) is 59.6 Å². The van der Waals surface area contributed by atoms with Gasteiger partial charge < -0.3 is 5.32 Å². The first-order chi connectivity index (χ1) is 13.3. The second-order valence-corrected chi connectivity index (χ2v) is 7.73. The Hall–Kier alpha value is -2.44. The number of nitrogens with zero attached hydrogens (tertiary/aromatic N) is 3. The zero-order valence-corrected chi connectivity index (χ0v) is 16.3. The summed E-state index contributed by atoms with van der Waals surface area (Å²) in [6.45, 7) is 5.03. The second-order valence-electron chi connectivity index (χ2n) is 6.78. The predicted octanol–water partition coefficient (Wildman–Crippen LogP) is 3.81. The van der Waals surface area contributed by atoms with Gasteiger partial charge in [0.05, 0.1) is 16.1 Å². The van der Waals surface area contributed by atoms with Crippen LogP contribution in [0.1, 0.15) is 30.1 Å². The van der Waals surface area contributed by atoms with Gasteiger partial charge in [-0.3, -0.25) is 9.69 Å². The van der Waals surface area contributed by atoms with E-state index in [2.05, 4.69) is 17.1 Å². The molecule has 2 aromatic heterocycles. The highest BCUT2D eigenvalue weighted by molar-refractivity contribution is 7.13. The number of para-hydroxylation sites is 1. The van der Waals surface area contributed by atoms with Crippen LogP contribution in [0.5, 0.6) is 0 Å². The number of amides is 1. The van der Waals surface area contributed by atoms with Crippen LogP contribution in [0, 0.1) is 0 Å². The van der Waals surface area contributed by atoms with Crippen LogP contribution in [0.15, 0.2) is 54.0 Å². The second kappa shape index (κ2) is 8.06. The molecule has 0 spiro atoms. The Bertz CT molecular complexity index is 888. The monoisotopic (exact) mass is 380 g/mol. The number of nitrogens with one attached hydrogen (secondary N) is 1. The van der Waals surface area contributed by atoms with E-state index in [1.165, 1.54) is 6.42 Å². The molecular weight excluding hydrogens is 356 g/mol. The summed E-state index contributed by atoms with van der Waals surface area (Å²) in [6, 6.07) is 14.3. The third-order valence-corrected chi connectivity index (χ3v) is 6.01. The quantitative estimate of drug-likeness (QED) is 0.707. The van der Waals surface area contributed by atoms with Gasteiger partial charge in [-0.15, -0.1) is 11.3 Å². The molecule has 1 amide bonds. The predicted molar refractivity (Wildman–Crippen MR) is 109 cm³/mol. The molecular formula is C21H24N4OS. The van der Waals surface area contributed by atoms with Crippen molar-refractivity contribution in [2.24, 2.45) is 0 Å². The number of benzene rings is 1. The Morgan fingerprint density at radius 3 is 2.85 bits per heavy atom. The topological polar surface area (TPSA) is 50.2 Å². The lowest BCUT2D eigenvalue weighted by Gasteiger charge is -2.22. The number of thiophene rings is 1. The largest absolute Gasteiger partial charge is 0.350 e. The summed E-state index contributed by atoms with van der Waals surface area (Å²) in [6.07, 6.45) is 4.20. The van der Waals surface area contributed by atoms with Gasteiger partial charge in [0.1, 0.15) is 5.69 Å². The van der Waals surface area contributed by atoms with E-state index in [0.29, 0.717) is 18.2 Å². The fourth-order valence-corrected chi connectivity index (χ4v) is 4.42. The van der Waals surface area contributed by atoms with Crippen LogP contribution in [-0.4, -0.2) is 46.3 Å². The Balaban J connectivity index is 1.58. The zero-order chi connectivity index (χ0) is 18.6. The molecule has 5 nitrogen and oxygen atoms in total. The third kappa shape index (κ3) is 3.82. The fourth-order valence-electron chi connectivity index (χ4n) is 3.70. The van der Waals surface area contributed by atoms with Crippen molar-refractivity contribution < 1.29 is 4.79 Å². The SMILES string of the molecule is CCN1CCCC1CNC(=O)c1cn(-c2ccccc2)nc1-c1cccs1. The highest BCUT2D eigenvalue weighted by Crippen LogP contribution is 2.28. The van der Waals surface area contributed by atoms with Gasteiger partial charge in [-0.1, -0.05) is 31.2 Å². The van der Waals surface area contributed by atoms with Gasteiger partial charge in [0.25, 0.3) is 5.91 Å². The number of hydrogen-bond acceptors (Lipinski definition) is 4. The molecule has 1 unspecified atom stereocenters. The van der Waals surface area contributed by atoms with E-state index < -0.39 is 0 Å². The van der Waals surface area contributed by atoms with Crippen LogP contribution in [0.2, 0.25) is 0 Å². The first-order valence-electron chi connectivity index (χ1n) is 9.47. The van der Waals surface area contributed by atoms with E-state index >= 15 is 0 Å². The molecule has 0 saturated carbocycles. The first-order valence-corrected chi connectivity index (χ1v) is 10.4. The molecule has 0 radical (unpaired) electrons. The summed E-state index contributed by atoms with van der Waals surface area (Å²) < 4.78 is 1.79. The lowest BCUT2D eigenvalue weighted by atomic mass is 10.2. The van der Waals surface area contributed by atoms with Crippen LogP contribution < -0.4 is 5.32 Å². The zero-order valence-electron chi connectivity index (χ0n) is 15.5. The minimum absolute atomic E-state index is 0.0523. The molecule has 4 rings (SSSR count). The van der Waals surface area contributed by atoms with Gasteiger partial charge in [0, 0.05) is 18.8 Å². The van der Waals surface area contributed by atoms with Gasteiger partial charge in [0.15, 0.2) is 0 Å². The average Bonchev–Trinajstić information content (AvgIpc) is 3.46. The number of rotatable bonds is 6. The number of hydrogen-bond donors (Lipinski definition) is 1. The highest BCUT2D eigenvalue weighted by Gasteiger charge is 2.25. The van der Waals surface area contributed by atoms with E-state index in [-0.39, 0.29) is 5.91 Å². The summed E-state index contributed by atoms with van der Waals surface area (Å²) in [5, 5.41) is 9.86. The van der Waals surface area contributed by atoms with Crippen molar-refractivity contribution in [1.82, 2.24) is 20.0 Å². The number of likely N-dealkylation sites (tertiary alicyclic amines) is 1. The molecule has 1 aliphatic heterocycles. The van der Waals surface area contributed by atoms with Gasteiger partial charge in [-0.25, -0.2) is 4.68 Å². The molecule has 140 valence electrons. The first kappa shape index (κ1) is 17.9. The van der Waals surface area contributed by atoms with Gasteiger partial charge in [0.2, 0.25) is 0 Å². The van der Waals surface area contributed by atoms with Crippen LogP contribution in [-0.2, 0) is 0 Å². The third-order valence-electron chi connectivity index (χ3n) is 5.14. The lowest BCUT2D eigenvalue weighted by molar-refractivity contribution is 0.0942. The molecule has 1 saturated heterocycles. The lowest BCUT2D eigenvalue weighted by Crippen LogP contribution is -2.40. The average molecular weight is 381 g/mol. The van der Waals surface area contributed by atoms with Crippen molar-refractivity contribution in [2.45, 2.75) is 25.8 Å². The van der Waals surface area contributed by atoms with Gasteiger partial charge in [-0.2, -0.15) is 5.10 Å². The maximum atomic E-state index is 13.0. The van der Waals surface area contributed by atoms with Gasteiger partial charge >= 0.3 is 0 Å². The summed E-state index contributed by atoms with van der Waals surface area (Å²) in [5.41, 5.74) is 2.31. The van der Waals surface area contributed by atoms with Crippen LogP contribution in [0.25, 0.3) is 16.3 Å². The summed E-state index contributed by atoms with van der Waals surface area (Å²) in [4.78, 5) is 16.4. The number of aromatic nitrogens is 2. The normalized spacial score (nSPS) is 17.3. The van der Waals surface area contributed by atoms with Gasteiger partial charge in [-0.05, 0) is 49.5 Å². The van der Waals surface area contributed by atoms with Crippen molar-refractivity contribution >= 4 is 17.2 Å². The molecule has 1 N–H and O–H groups in total. The number of carbonyl (C=O) groups is 1. The van der Waals surface area contributed by atoms with Crippen molar-refractivity contribution in [1.29, 1.82) is 0 Å². The molecule has 0 bridgehead atoms.